The molecule has 5 aliphatic carbocycles. The van der Waals surface area contributed by atoms with Crippen molar-refractivity contribution in [3.8, 4) is 23.0 Å². The van der Waals surface area contributed by atoms with Crippen LogP contribution in [0.1, 0.15) is 58.3 Å². The van der Waals surface area contributed by atoms with Gasteiger partial charge in [-0.25, -0.2) is 4.79 Å². The summed E-state index contributed by atoms with van der Waals surface area (Å²) in [6.07, 6.45) is -3.76. The molecule has 1 saturated heterocycles. The van der Waals surface area contributed by atoms with Gasteiger partial charge in [-0.2, -0.15) is 0 Å². The van der Waals surface area contributed by atoms with Crippen LogP contribution in [-0.4, -0.2) is 84.5 Å². The SMILES string of the molecule is COC(=O)[C@]12Oc3c(Cl)c4c(c(O)c3C(O)=C1C(=O)CC[C@@H]2O)[C@H]1C(=O)C2=C(O)c3c(O)ccc(O)c3C(=O)[C@]2(C4)[C@H]2O[C@@]12C. The number of aromatic hydroxyl groups is 3. The average molecular weight is 639 g/mol. The number of benzene rings is 2. The van der Waals surface area contributed by atoms with Gasteiger partial charge in [-0.05, 0) is 37.5 Å². The predicted molar refractivity (Wildman–Crippen MR) is 149 cm³/mol. The van der Waals surface area contributed by atoms with Gasteiger partial charge in [0.1, 0.15) is 52.1 Å². The fourth-order valence-corrected chi connectivity index (χ4v) is 8.67. The fourth-order valence-electron chi connectivity index (χ4n) is 8.37. The summed E-state index contributed by atoms with van der Waals surface area (Å²) in [4.78, 5) is 55.2. The number of fused-ring (bicyclic) bond motifs is 3. The number of hydrogen-bond acceptors (Lipinski definition) is 13. The number of esters is 1. The number of carbonyl (C=O) groups excluding carboxylic acids is 4. The molecule has 45 heavy (non-hydrogen) atoms. The van der Waals surface area contributed by atoms with Crippen molar-refractivity contribution in [1.82, 2.24) is 0 Å². The minimum atomic E-state index is -2.55. The summed E-state index contributed by atoms with van der Waals surface area (Å²) in [6, 6.07) is 2.11. The van der Waals surface area contributed by atoms with E-state index in [4.69, 9.17) is 25.8 Å². The standard InChI is InChI=1S/C31H23ClO13/c1-29-18-13-8(7-30(27(29)45-29)19(24(18)40)22(38)14-9(33)3-4-10(34)15(14)26(30)41)20(32)25-16(21(13)37)23(39)17-11(35)5-6-12(36)31(17,44-25)28(42)43-2/h3-4,12,18,27,33-34,36-39H,5-7H2,1-2H3/t12-,18-,27-,29-,30+,31+/m0/s1. The largest absolute Gasteiger partial charge is 0.507 e. The van der Waals surface area contributed by atoms with Crippen LogP contribution in [0, 0.1) is 5.41 Å². The van der Waals surface area contributed by atoms with E-state index in [2.05, 4.69) is 0 Å². The maximum atomic E-state index is 14.5. The minimum absolute atomic E-state index is 0.0320. The molecule has 13 nitrogen and oxygen atoms in total. The van der Waals surface area contributed by atoms with E-state index >= 15 is 0 Å². The highest BCUT2D eigenvalue weighted by Crippen LogP contribution is 2.72. The lowest BCUT2D eigenvalue weighted by atomic mass is 9.56. The van der Waals surface area contributed by atoms with E-state index in [-0.39, 0.29) is 29.0 Å². The summed E-state index contributed by atoms with van der Waals surface area (Å²) in [5.41, 5.74) is -8.68. The third-order valence-electron chi connectivity index (χ3n) is 10.3. The highest BCUT2D eigenvalue weighted by atomic mass is 35.5. The molecule has 2 saturated carbocycles. The van der Waals surface area contributed by atoms with Crippen LogP contribution in [-0.2, 0) is 30.3 Å². The van der Waals surface area contributed by atoms with E-state index in [0.29, 0.717) is 0 Å². The number of halogens is 1. The maximum Gasteiger partial charge on any atom is 0.358 e. The Kier molecular flexibility index (Phi) is 5.06. The number of carbonyl (C=O) groups is 4. The lowest BCUT2D eigenvalue weighted by Gasteiger charge is -2.43. The van der Waals surface area contributed by atoms with Gasteiger partial charge in [0.15, 0.2) is 23.1 Å². The lowest BCUT2D eigenvalue weighted by Crippen LogP contribution is -2.61. The highest BCUT2D eigenvalue weighted by molar-refractivity contribution is 6.34. The molecule has 232 valence electrons. The van der Waals surface area contributed by atoms with Crippen molar-refractivity contribution < 1.29 is 64.0 Å². The van der Waals surface area contributed by atoms with Crippen LogP contribution in [0.15, 0.2) is 23.3 Å². The second-order valence-corrected chi connectivity index (χ2v) is 12.7. The number of phenolic OH excluding ortho intramolecular Hbond substituents is 3. The van der Waals surface area contributed by atoms with Crippen molar-refractivity contribution in [2.24, 2.45) is 5.41 Å². The van der Waals surface area contributed by atoms with Gasteiger partial charge in [0.2, 0.25) is 0 Å². The van der Waals surface area contributed by atoms with Crippen molar-refractivity contribution in [1.29, 1.82) is 0 Å². The summed E-state index contributed by atoms with van der Waals surface area (Å²) < 4.78 is 16.9. The summed E-state index contributed by atoms with van der Waals surface area (Å²) in [5.74, 6) is -9.21. The Bertz CT molecular complexity index is 1980. The van der Waals surface area contributed by atoms with Gasteiger partial charge in [0.25, 0.3) is 5.60 Å². The van der Waals surface area contributed by atoms with Crippen LogP contribution in [0.4, 0.5) is 0 Å². The molecule has 3 fully saturated rings. The molecule has 2 heterocycles. The van der Waals surface area contributed by atoms with Crippen molar-refractivity contribution in [3.63, 3.8) is 0 Å². The molecule has 1 spiro atoms. The maximum absolute atomic E-state index is 14.5. The molecular formula is C31H23ClO13. The summed E-state index contributed by atoms with van der Waals surface area (Å²) >= 11 is 6.94. The molecule has 2 aromatic rings. The van der Waals surface area contributed by atoms with E-state index in [1.807, 2.05) is 0 Å². The molecule has 2 bridgehead atoms. The Morgan fingerprint density at radius 3 is 2.31 bits per heavy atom. The van der Waals surface area contributed by atoms with E-state index < -0.39 is 127 Å². The Labute approximate surface area is 257 Å². The molecule has 6 N–H and O–H groups in total. The minimum Gasteiger partial charge on any atom is -0.507 e. The second kappa shape index (κ2) is 8.16. The molecule has 9 rings (SSSR count). The summed E-state index contributed by atoms with van der Waals surface area (Å²) in [7, 11) is 0.988. The number of rotatable bonds is 1. The van der Waals surface area contributed by atoms with Crippen LogP contribution >= 0.6 is 11.6 Å². The molecule has 7 aliphatic rings. The van der Waals surface area contributed by atoms with Crippen LogP contribution < -0.4 is 4.74 Å². The Balaban J connectivity index is 1.46. The number of ether oxygens (including phenoxy) is 3. The zero-order valence-electron chi connectivity index (χ0n) is 23.4. The van der Waals surface area contributed by atoms with Gasteiger partial charge in [-0.1, -0.05) is 11.6 Å². The predicted octanol–water partition coefficient (Wildman–Crippen LogP) is 2.29. The van der Waals surface area contributed by atoms with Crippen molar-refractivity contribution >= 4 is 46.4 Å². The first-order chi connectivity index (χ1) is 21.2. The molecule has 6 atom stereocenters. The van der Waals surface area contributed by atoms with Crippen LogP contribution in [0.2, 0.25) is 5.02 Å². The zero-order chi connectivity index (χ0) is 32.3. The van der Waals surface area contributed by atoms with Gasteiger partial charge in [-0.15, -0.1) is 0 Å². The van der Waals surface area contributed by atoms with E-state index in [0.717, 1.165) is 19.2 Å². The monoisotopic (exact) mass is 638 g/mol. The Hall–Kier alpha value is -4.59. The number of ketones is 3. The van der Waals surface area contributed by atoms with Gasteiger partial charge >= 0.3 is 5.97 Å². The van der Waals surface area contributed by atoms with E-state index in [1.54, 1.807) is 0 Å². The summed E-state index contributed by atoms with van der Waals surface area (Å²) in [5, 5.41) is 66.9. The third kappa shape index (κ3) is 2.80. The Morgan fingerprint density at radius 2 is 1.64 bits per heavy atom. The van der Waals surface area contributed by atoms with Gasteiger partial charge in [-0.3, -0.25) is 14.4 Å². The molecule has 2 aromatic carbocycles. The number of aliphatic hydroxyl groups excluding tert-OH is 3. The van der Waals surface area contributed by atoms with E-state index in [1.165, 1.54) is 6.92 Å². The second-order valence-electron chi connectivity index (χ2n) is 12.3. The molecule has 2 aliphatic heterocycles. The first-order valence-electron chi connectivity index (χ1n) is 14.0. The molecule has 14 heteroatoms. The van der Waals surface area contributed by atoms with Crippen LogP contribution in [0.5, 0.6) is 23.0 Å². The third-order valence-corrected chi connectivity index (χ3v) is 10.7. The van der Waals surface area contributed by atoms with Gasteiger partial charge in [0, 0.05) is 12.0 Å². The summed E-state index contributed by atoms with van der Waals surface area (Å²) in [6.45, 7) is 1.53. The first kappa shape index (κ1) is 27.9. The smallest absolute Gasteiger partial charge is 0.358 e. The van der Waals surface area contributed by atoms with Crippen LogP contribution in [0.25, 0.3) is 11.5 Å². The molecular weight excluding hydrogens is 616 g/mol. The molecule has 0 amide bonds. The number of aliphatic hydroxyl groups is 3. The van der Waals surface area contributed by atoms with Crippen molar-refractivity contribution in [2.75, 3.05) is 7.11 Å². The number of epoxide rings is 1. The quantitative estimate of drug-likeness (QED) is 0.150. The molecule has 0 aromatic heterocycles. The zero-order valence-corrected chi connectivity index (χ0v) is 24.2. The van der Waals surface area contributed by atoms with E-state index in [9.17, 15) is 49.8 Å². The highest BCUT2D eigenvalue weighted by Gasteiger charge is 2.80. The fraction of sp³-hybridized carbons (Fsp3) is 0.355. The molecule has 0 unspecified atom stereocenters. The Morgan fingerprint density at radius 1 is 1.00 bits per heavy atom. The van der Waals surface area contributed by atoms with Crippen LogP contribution in [0.3, 0.4) is 0 Å². The number of Topliss-reactive ketones (excluding diaryl/α,β-unsaturated/α-hetero) is 3. The lowest BCUT2D eigenvalue weighted by molar-refractivity contribution is -0.169. The first-order valence-corrected chi connectivity index (χ1v) is 14.3. The number of phenols is 3. The normalized spacial score (nSPS) is 33.7. The van der Waals surface area contributed by atoms with Crippen molar-refractivity contribution in [3.05, 3.63) is 56.1 Å². The van der Waals surface area contributed by atoms with Crippen molar-refractivity contribution in [2.45, 2.75) is 55.5 Å². The average Bonchev–Trinajstić information content (AvgIpc) is 3.73. The van der Waals surface area contributed by atoms with Gasteiger partial charge in [0.05, 0.1) is 45.7 Å². The number of methoxy groups -OCH3 is 1. The van der Waals surface area contributed by atoms with Gasteiger partial charge < -0.3 is 44.8 Å². The molecule has 0 radical (unpaired) electrons. The topological polar surface area (TPSA) is 221 Å². The number of hydrogen-bond donors (Lipinski definition) is 6.